The summed E-state index contributed by atoms with van der Waals surface area (Å²) in [6.07, 6.45) is 1.77. The van der Waals surface area contributed by atoms with Gasteiger partial charge in [-0.1, -0.05) is 36.4 Å². The number of hydrogen-bond donors (Lipinski definition) is 0. The van der Waals surface area contributed by atoms with Gasteiger partial charge in [0, 0.05) is 11.8 Å². The van der Waals surface area contributed by atoms with Crippen molar-refractivity contribution >= 4 is 15.9 Å². The average molecular weight is 234 g/mol. The quantitative estimate of drug-likeness (QED) is 0.688. The van der Waals surface area contributed by atoms with Gasteiger partial charge in [0.1, 0.15) is 4.60 Å². The monoisotopic (exact) mass is 233 g/mol. The Morgan fingerprint density at radius 3 is 2.38 bits per heavy atom. The normalized spacial score (nSPS) is 9.92. The number of nitrogens with zero attached hydrogens (tertiary/aromatic N) is 1. The predicted octanol–water partition coefficient (Wildman–Crippen LogP) is 3.51. The minimum absolute atomic E-state index is 0.890. The van der Waals surface area contributed by atoms with Gasteiger partial charge in [-0.15, -0.1) is 0 Å². The fourth-order valence-corrected chi connectivity index (χ4v) is 1.70. The van der Waals surface area contributed by atoms with Crippen molar-refractivity contribution in [2.45, 2.75) is 0 Å². The molecule has 0 aliphatic rings. The van der Waals surface area contributed by atoms with E-state index in [0.29, 0.717) is 0 Å². The van der Waals surface area contributed by atoms with Crippen LogP contribution in [0.15, 0.2) is 53.3 Å². The second kappa shape index (κ2) is 3.71. The Labute approximate surface area is 85.6 Å². The smallest absolute Gasteiger partial charge is 0.113 e. The molecule has 0 aliphatic heterocycles. The molecule has 0 saturated heterocycles. The molecule has 0 bridgehead atoms. The molecule has 2 rings (SSSR count). The third-order valence-electron chi connectivity index (χ3n) is 1.84. The zero-order chi connectivity index (χ0) is 9.10. The lowest BCUT2D eigenvalue weighted by atomic mass is 10.1. The van der Waals surface area contributed by atoms with Crippen LogP contribution in [0.25, 0.3) is 11.1 Å². The van der Waals surface area contributed by atoms with Crippen molar-refractivity contribution in [1.29, 1.82) is 0 Å². The number of rotatable bonds is 1. The number of aromatic nitrogens is 1. The average Bonchev–Trinajstić information content (AvgIpc) is 2.20. The topological polar surface area (TPSA) is 12.9 Å². The van der Waals surface area contributed by atoms with E-state index in [1.165, 1.54) is 5.56 Å². The summed E-state index contributed by atoms with van der Waals surface area (Å²) in [4.78, 5) is 4.17. The van der Waals surface area contributed by atoms with Gasteiger partial charge in [0.05, 0.1) is 0 Å². The number of hydrogen-bond acceptors (Lipinski definition) is 1. The van der Waals surface area contributed by atoms with Gasteiger partial charge in [-0.3, -0.25) is 0 Å². The Hall–Kier alpha value is -1.15. The van der Waals surface area contributed by atoms with Crippen LogP contribution in [-0.2, 0) is 0 Å². The highest BCUT2D eigenvalue weighted by atomic mass is 79.9. The van der Waals surface area contributed by atoms with Crippen molar-refractivity contribution in [1.82, 2.24) is 4.98 Å². The predicted molar refractivity (Wildman–Crippen MR) is 57.4 cm³/mol. The van der Waals surface area contributed by atoms with E-state index in [1.54, 1.807) is 6.20 Å². The minimum atomic E-state index is 0.890. The maximum atomic E-state index is 4.17. The second-order valence-corrected chi connectivity index (χ2v) is 3.46. The van der Waals surface area contributed by atoms with Crippen LogP contribution in [0.2, 0.25) is 0 Å². The van der Waals surface area contributed by atoms with Crippen LogP contribution < -0.4 is 0 Å². The first-order valence-corrected chi connectivity index (χ1v) is 4.83. The fraction of sp³-hybridized carbons (Fsp3) is 0. The molecular formula is C11H8BrN. The van der Waals surface area contributed by atoms with Gasteiger partial charge in [-0.25, -0.2) is 4.98 Å². The summed E-state index contributed by atoms with van der Waals surface area (Å²) in [5.74, 6) is 0. The number of benzene rings is 1. The molecule has 0 radical (unpaired) electrons. The summed E-state index contributed by atoms with van der Waals surface area (Å²) in [5.41, 5.74) is 2.31. The van der Waals surface area contributed by atoms with Crippen LogP contribution in [0.3, 0.4) is 0 Å². The zero-order valence-electron chi connectivity index (χ0n) is 6.94. The van der Waals surface area contributed by atoms with Crippen molar-refractivity contribution in [2.75, 3.05) is 0 Å². The number of pyridine rings is 1. The zero-order valence-corrected chi connectivity index (χ0v) is 8.53. The molecule has 13 heavy (non-hydrogen) atoms. The molecule has 1 aromatic carbocycles. The molecule has 0 aliphatic carbocycles. The Bertz CT molecular complexity index is 398. The van der Waals surface area contributed by atoms with Gasteiger partial charge in [0.2, 0.25) is 0 Å². The Balaban J connectivity index is 2.54. The van der Waals surface area contributed by atoms with Crippen LogP contribution in [0, 0.1) is 0 Å². The van der Waals surface area contributed by atoms with Gasteiger partial charge in [0.15, 0.2) is 0 Å². The van der Waals surface area contributed by atoms with E-state index in [-0.39, 0.29) is 0 Å². The van der Waals surface area contributed by atoms with E-state index >= 15 is 0 Å². The van der Waals surface area contributed by atoms with Crippen molar-refractivity contribution in [3.8, 4) is 11.1 Å². The van der Waals surface area contributed by atoms with Gasteiger partial charge >= 0.3 is 0 Å². The molecule has 0 saturated carbocycles. The molecule has 0 spiro atoms. The molecule has 0 atom stereocenters. The van der Waals surface area contributed by atoms with E-state index in [4.69, 9.17) is 0 Å². The van der Waals surface area contributed by atoms with Crippen LogP contribution in [0.5, 0.6) is 0 Å². The molecule has 2 heteroatoms. The first kappa shape index (κ1) is 8.45. The van der Waals surface area contributed by atoms with Crippen LogP contribution >= 0.6 is 15.9 Å². The third-order valence-corrected chi connectivity index (χ3v) is 2.48. The van der Waals surface area contributed by atoms with Crippen LogP contribution in [0.1, 0.15) is 0 Å². The lowest BCUT2D eigenvalue weighted by Crippen LogP contribution is -1.81. The standard InChI is InChI=1S/C11H8BrN/c12-11-10(7-4-8-13-11)9-5-2-1-3-6-9/h1-8H. The fourth-order valence-electron chi connectivity index (χ4n) is 1.22. The summed E-state index contributed by atoms with van der Waals surface area (Å²) >= 11 is 3.42. The molecule has 1 nitrogen and oxygen atoms in total. The van der Waals surface area contributed by atoms with Crippen LogP contribution in [-0.4, -0.2) is 4.98 Å². The maximum absolute atomic E-state index is 4.17. The van der Waals surface area contributed by atoms with Crippen molar-refractivity contribution in [3.05, 3.63) is 53.3 Å². The van der Waals surface area contributed by atoms with Gasteiger partial charge in [0.25, 0.3) is 0 Å². The molecule has 0 fully saturated rings. The summed E-state index contributed by atoms with van der Waals surface area (Å²) in [7, 11) is 0. The highest BCUT2D eigenvalue weighted by Crippen LogP contribution is 2.25. The Morgan fingerprint density at radius 1 is 0.923 bits per heavy atom. The second-order valence-electron chi connectivity index (χ2n) is 2.71. The van der Waals surface area contributed by atoms with E-state index in [9.17, 15) is 0 Å². The van der Waals surface area contributed by atoms with Crippen molar-refractivity contribution < 1.29 is 0 Å². The van der Waals surface area contributed by atoms with Gasteiger partial charge in [-0.2, -0.15) is 0 Å². The molecule has 0 N–H and O–H groups in total. The summed E-state index contributed by atoms with van der Waals surface area (Å²) in [6, 6.07) is 14.2. The summed E-state index contributed by atoms with van der Waals surface area (Å²) in [5, 5.41) is 0. The molecule has 0 amide bonds. The molecule has 2 aromatic rings. The maximum Gasteiger partial charge on any atom is 0.113 e. The minimum Gasteiger partial charge on any atom is -0.249 e. The van der Waals surface area contributed by atoms with Gasteiger partial charge < -0.3 is 0 Å². The highest BCUT2D eigenvalue weighted by molar-refractivity contribution is 9.10. The van der Waals surface area contributed by atoms with Crippen molar-refractivity contribution in [3.63, 3.8) is 0 Å². The Kier molecular flexibility index (Phi) is 2.41. The molecule has 64 valence electrons. The van der Waals surface area contributed by atoms with Gasteiger partial charge in [-0.05, 0) is 27.6 Å². The van der Waals surface area contributed by atoms with E-state index in [0.717, 1.165) is 10.2 Å². The Morgan fingerprint density at radius 2 is 1.69 bits per heavy atom. The SMILES string of the molecule is Brc1ncccc1-c1ccccc1. The van der Waals surface area contributed by atoms with E-state index in [1.807, 2.05) is 30.3 Å². The number of halogens is 1. The first-order valence-electron chi connectivity index (χ1n) is 4.04. The van der Waals surface area contributed by atoms with E-state index in [2.05, 4.69) is 33.0 Å². The summed E-state index contributed by atoms with van der Waals surface area (Å²) < 4.78 is 0.890. The first-order chi connectivity index (χ1) is 6.38. The lowest BCUT2D eigenvalue weighted by Gasteiger charge is -2.01. The molecule has 0 unspecified atom stereocenters. The highest BCUT2D eigenvalue weighted by Gasteiger charge is 2.00. The largest absolute Gasteiger partial charge is 0.249 e. The van der Waals surface area contributed by atoms with E-state index < -0.39 is 0 Å². The van der Waals surface area contributed by atoms with Crippen LogP contribution in [0.4, 0.5) is 0 Å². The van der Waals surface area contributed by atoms with Crippen molar-refractivity contribution in [2.24, 2.45) is 0 Å². The molecule has 1 heterocycles. The third kappa shape index (κ3) is 1.78. The molecular weight excluding hydrogens is 226 g/mol. The summed E-state index contributed by atoms with van der Waals surface area (Å²) in [6.45, 7) is 0. The lowest BCUT2D eigenvalue weighted by molar-refractivity contribution is 1.28. The molecule has 1 aromatic heterocycles.